The molecule has 7 N–H and O–H groups in total. The van der Waals surface area contributed by atoms with Gasteiger partial charge in [0.05, 0.1) is 18.2 Å². The summed E-state index contributed by atoms with van der Waals surface area (Å²) in [6, 6.07) is 8.77. The van der Waals surface area contributed by atoms with Crippen molar-refractivity contribution in [3.63, 3.8) is 0 Å². The fourth-order valence-electron chi connectivity index (χ4n) is 6.65. The highest BCUT2D eigenvalue weighted by Gasteiger charge is 2.63. The summed E-state index contributed by atoms with van der Waals surface area (Å²) in [5.41, 5.74) is 3.83. The number of ketones is 2. The van der Waals surface area contributed by atoms with Crippen LogP contribution >= 0.6 is 0 Å². The lowest BCUT2D eigenvalue weighted by molar-refractivity contribution is -0.148. The number of nitrogens with zero attached hydrogens (tertiary/aromatic N) is 1. The van der Waals surface area contributed by atoms with Crippen LogP contribution in [0.5, 0.6) is 5.75 Å². The lowest BCUT2D eigenvalue weighted by Gasteiger charge is -2.50. The second kappa shape index (κ2) is 11.1. The Kier molecular flexibility index (Phi) is 7.77. The van der Waals surface area contributed by atoms with Crippen LogP contribution < -0.4 is 11.1 Å². The molecule has 12 nitrogen and oxygen atoms in total. The molecular weight excluding hydrogens is 570 g/mol. The molecule has 0 heterocycles. The molecule has 0 aromatic heterocycles. The van der Waals surface area contributed by atoms with E-state index in [1.165, 1.54) is 11.0 Å². The maximum atomic E-state index is 13.9. The summed E-state index contributed by atoms with van der Waals surface area (Å²) in [5, 5.41) is 47.6. The van der Waals surface area contributed by atoms with Gasteiger partial charge < -0.3 is 30.9 Å². The van der Waals surface area contributed by atoms with Crippen molar-refractivity contribution in [2.24, 2.45) is 23.5 Å². The molecular formula is C32H35N3O9. The monoisotopic (exact) mass is 605 g/mol. The fourth-order valence-corrected chi connectivity index (χ4v) is 6.65. The number of aliphatic hydroxyl groups excluding tert-OH is 2. The molecule has 5 rings (SSSR count). The smallest absolute Gasteiger partial charge is 0.411 e. The number of rotatable bonds is 6. The van der Waals surface area contributed by atoms with Gasteiger partial charge >= 0.3 is 6.09 Å². The van der Waals surface area contributed by atoms with Crippen molar-refractivity contribution in [1.29, 1.82) is 0 Å². The van der Waals surface area contributed by atoms with Crippen LogP contribution in [0.15, 0.2) is 59.1 Å². The maximum Gasteiger partial charge on any atom is 0.411 e. The van der Waals surface area contributed by atoms with Crippen molar-refractivity contribution in [2.45, 2.75) is 38.3 Å². The number of hydrogen-bond acceptors (Lipinski definition) is 10. The molecule has 2 aromatic rings. The number of benzene rings is 2. The fraction of sp³-hybridized carbons (Fsp3) is 0.375. The van der Waals surface area contributed by atoms with Gasteiger partial charge in [-0.1, -0.05) is 32.0 Å². The van der Waals surface area contributed by atoms with Crippen LogP contribution in [-0.2, 0) is 20.7 Å². The highest BCUT2D eigenvalue weighted by Crippen LogP contribution is 2.53. The molecule has 12 heteroatoms. The SMILES string of the molecule is CC(C)COC(=O)Nc1ccc(-c2ccc(O)c3c2C[C@H]2C[C@H]4[C@@H](N(C)C)C(O)=C(C(N)=O)C(=O)[C@@]4(O)C(O)=C2C3=O)cc1. The summed E-state index contributed by atoms with van der Waals surface area (Å²) in [4.78, 5) is 53.1. The van der Waals surface area contributed by atoms with Crippen LogP contribution in [0.3, 0.4) is 0 Å². The molecule has 44 heavy (non-hydrogen) atoms. The largest absolute Gasteiger partial charge is 0.510 e. The molecule has 0 saturated heterocycles. The number of phenols is 1. The zero-order valence-electron chi connectivity index (χ0n) is 24.7. The summed E-state index contributed by atoms with van der Waals surface area (Å²) in [7, 11) is 3.15. The number of amides is 2. The number of aliphatic hydroxyl groups is 3. The van der Waals surface area contributed by atoms with Crippen molar-refractivity contribution in [3.05, 3.63) is 70.2 Å². The Hall–Kier alpha value is -4.68. The van der Waals surface area contributed by atoms with E-state index in [0.717, 1.165) is 0 Å². The summed E-state index contributed by atoms with van der Waals surface area (Å²) in [6.07, 6.45) is -0.446. The number of aromatic hydroxyl groups is 1. The minimum atomic E-state index is -2.70. The zero-order valence-corrected chi connectivity index (χ0v) is 24.7. The number of carbonyl (C=O) groups excluding carboxylic acids is 4. The number of nitrogens with one attached hydrogen (secondary N) is 1. The van der Waals surface area contributed by atoms with Gasteiger partial charge in [-0.25, -0.2) is 4.79 Å². The van der Waals surface area contributed by atoms with Crippen LogP contribution in [0.25, 0.3) is 11.1 Å². The molecule has 232 valence electrons. The van der Waals surface area contributed by atoms with Crippen LogP contribution in [0.4, 0.5) is 10.5 Å². The summed E-state index contributed by atoms with van der Waals surface area (Å²) >= 11 is 0. The van der Waals surface area contributed by atoms with Gasteiger partial charge in [-0.2, -0.15) is 0 Å². The Morgan fingerprint density at radius 2 is 1.75 bits per heavy atom. The van der Waals surface area contributed by atoms with Gasteiger partial charge in [0, 0.05) is 17.2 Å². The molecule has 2 aromatic carbocycles. The topological polar surface area (TPSA) is 200 Å². The van der Waals surface area contributed by atoms with Gasteiger partial charge in [-0.3, -0.25) is 24.6 Å². The Balaban J connectivity index is 1.56. The predicted molar refractivity (Wildman–Crippen MR) is 159 cm³/mol. The third-order valence-electron chi connectivity index (χ3n) is 8.60. The quantitative estimate of drug-likeness (QED) is 0.266. The number of primary amides is 1. The number of Topliss-reactive ketones (excluding diaryl/α,β-unsaturated/α-hetero) is 2. The van der Waals surface area contributed by atoms with E-state index >= 15 is 0 Å². The summed E-state index contributed by atoms with van der Waals surface area (Å²) < 4.78 is 5.16. The number of carbonyl (C=O) groups is 4. The minimum absolute atomic E-state index is 0.0117. The van der Waals surface area contributed by atoms with E-state index in [2.05, 4.69) is 5.32 Å². The molecule has 0 saturated carbocycles. The number of likely N-dealkylation sites (N-methyl/N-ethyl adjacent to an activating group) is 1. The second-order valence-electron chi connectivity index (χ2n) is 12.1. The number of hydrogen-bond donors (Lipinski definition) is 6. The van der Waals surface area contributed by atoms with Crippen molar-refractivity contribution < 1.29 is 44.3 Å². The van der Waals surface area contributed by atoms with Crippen LogP contribution in [0.2, 0.25) is 0 Å². The van der Waals surface area contributed by atoms with Gasteiger partial charge in [0.1, 0.15) is 22.8 Å². The average molecular weight is 606 g/mol. The van der Waals surface area contributed by atoms with Gasteiger partial charge in [0.2, 0.25) is 5.78 Å². The average Bonchev–Trinajstić information content (AvgIpc) is 2.94. The first-order valence-electron chi connectivity index (χ1n) is 14.2. The molecule has 3 aliphatic carbocycles. The van der Waals surface area contributed by atoms with E-state index in [-0.39, 0.29) is 42.3 Å². The van der Waals surface area contributed by atoms with Crippen LogP contribution in [-0.4, -0.2) is 81.2 Å². The number of nitrogens with two attached hydrogens (primary N) is 1. The van der Waals surface area contributed by atoms with Crippen LogP contribution in [0, 0.1) is 17.8 Å². The molecule has 0 aliphatic heterocycles. The van der Waals surface area contributed by atoms with Crippen molar-refractivity contribution in [2.75, 3.05) is 26.0 Å². The van der Waals surface area contributed by atoms with Crippen LogP contribution in [0.1, 0.15) is 36.2 Å². The normalized spacial score (nSPS) is 24.7. The number of fused-ring (bicyclic) bond motifs is 3. The van der Waals surface area contributed by atoms with Crippen molar-refractivity contribution in [3.8, 4) is 16.9 Å². The van der Waals surface area contributed by atoms with Crippen molar-refractivity contribution in [1.82, 2.24) is 4.90 Å². The second-order valence-corrected chi connectivity index (χ2v) is 12.1. The number of phenolic OH excluding ortho intramolecular Hbond substituents is 1. The third-order valence-corrected chi connectivity index (χ3v) is 8.60. The van der Waals surface area contributed by atoms with E-state index in [1.807, 2.05) is 13.8 Å². The molecule has 3 aliphatic rings. The first-order valence-corrected chi connectivity index (χ1v) is 14.2. The lowest BCUT2D eigenvalue weighted by Crippen LogP contribution is -2.63. The van der Waals surface area contributed by atoms with E-state index in [4.69, 9.17) is 10.5 Å². The Labute approximate surface area is 253 Å². The molecule has 0 unspecified atom stereocenters. The summed E-state index contributed by atoms with van der Waals surface area (Å²) in [6.45, 7) is 4.12. The highest BCUT2D eigenvalue weighted by molar-refractivity contribution is 6.25. The Bertz CT molecular complexity index is 1640. The van der Waals surface area contributed by atoms with E-state index in [0.29, 0.717) is 22.4 Å². The standard InChI is InChI=1S/C32H35N3O9/c1-14(2)13-44-31(42)34-17-7-5-15(6-8-17)18-9-10-21(36)23-19(18)11-16-12-20-25(35(3)4)27(38)24(30(33)41)29(40)32(20,43)28(39)22(16)26(23)37/h5-10,14,16,20,25,36,38-39,43H,11-13H2,1-4H3,(H2,33,41)(H,34,42)/t16-,20-,25+,32-/m0/s1. The van der Waals surface area contributed by atoms with Gasteiger partial charge in [-0.05, 0) is 73.7 Å². The van der Waals surface area contributed by atoms with E-state index in [9.17, 15) is 39.6 Å². The highest BCUT2D eigenvalue weighted by atomic mass is 16.5. The summed E-state index contributed by atoms with van der Waals surface area (Å²) in [5.74, 6) is -6.83. The number of anilines is 1. The first kappa shape index (κ1) is 30.8. The van der Waals surface area contributed by atoms with E-state index in [1.54, 1.807) is 44.4 Å². The molecule has 0 bridgehead atoms. The Morgan fingerprint density at radius 3 is 2.34 bits per heavy atom. The predicted octanol–water partition coefficient (Wildman–Crippen LogP) is 2.99. The molecule has 0 radical (unpaired) electrons. The minimum Gasteiger partial charge on any atom is -0.510 e. The molecule has 0 fully saturated rings. The van der Waals surface area contributed by atoms with Gasteiger partial charge in [0.25, 0.3) is 5.91 Å². The Morgan fingerprint density at radius 1 is 1.09 bits per heavy atom. The lowest BCUT2D eigenvalue weighted by atomic mass is 9.58. The van der Waals surface area contributed by atoms with E-state index < -0.39 is 64.1 Å². The van der Waals surface area contributed by atoms with Gasteiger partial charge in [-0.15, -0.1) is 0 Å². The number of ether oxygens (including phenoxy) is 1. The van der Waals surface area contributed by atoms with Crippen molar-refractivity contribution >= 4 is 29.3 Å². The molecule has 2 amide bonds. The first-order chi connectivity index (χ1) is 20.7. The zero-order chi connectivity index (χ0) is 32.2. The van der Waals surface area contributed by atoms with Gasteiger partial charge in [0.15, 0.2) is 11.4 Å². The molecule has 4 atom stereocenters. The third kappa shape index (κ3) is 4.80. The molecule has 0 spiro atoms. The number of allylic oxidation sites excluding steroid dienone is 1. The maximum absolute atomic E-state index is 13.9.